The van der Waals surface area contributed by atoms with Crippen LogP contribution in [-0.4, -0.2) is 48.5 Å². The highest BCUT2D eigenvalue weighted by Gasteiger charge is 2.40. The molecule has 2 aromatic carbocycles. The fraction of sp³-hybridized carbons (Fsp3) is 0.429. The van der Waals surface area contributed by atoms with Crippen LogP contribution in [0.25, 0.3) is 0 Å². The predicted molar refractivity (Wildman–Crippen MR) is 102 cm³/mol. The van der Waals surface area contributed by atoms with Crippen LogP contribution in [0.2, 0.25) is 0 Å². The maximum Gasteiger partial charge on any atom is 0.126 e. The lowest BCUT2D eigenvalue weighted by atomic mass is 9.85. The van der Waals surface area contributed by atoms with E-state index in [-0.39, 0.29) is 18.2 Å². The van der Waals surface area contributed by atoms with Crippen LogP contribution in [0.15, 0.2) is 54.6 Å². The molecule has 26 heavy (non-hydrogen) atoms. The zero-order valence-electron chi connectivity index (χ0n) is 15.4. The Balaban J connectivity index is 1.67. The molecule has 0 unspecified atom stereocenters. The first-order valence-corrected chi connectivity index (χ1v) is 9.07. The molecule has 0 saturated heterocycles. The minimum atomic E-state index is -0.637. The average Bonchev–Trinajstić information content (AvgIpc) is 2.66. The van der Waals surface area contributed by atoms with Crippen molar-refractivity contribution in [2.24, 2.45) is 5.73 Å². The number of hydrogen-bond acceptors (Lipinski definition) is 5. The molecule has 1 aliphatic rings. The molecule has 0 aliphatic heterocycles. The number of nitrogens with two attached hydrogens (primary N) is 1. The first kappa shape index (κ1) is 18.7. The number of ether oxygens (including phenoxy) is 2. The summed E-state index contributed by atoms with van der Waals surface area (Å²) < 4.78 is 11.2. The summed E-state index contributed by atoms with van der Waals surface area (Å²) in [5.41, 5.74) is 7.50. The van der Waals surface area contributed by atoms with Crippen molar-refractivity contribution in [1.82, 2.24) is 4.90 Å². The highest BCUT2D eigenvalue weighted by molar-refractivity contribution is 5.27. The van der Waals surface area contributed by atoms with Crippen LogP contribution in [0, 0.1) is 0 Å². The van der Waals surface area contributed by atoms with Crippen molar-refractivity contribution in [2.75, 3.05) is 14.2 Å². The summed E-state index contributed by atoms with van der Waals surface area (Å²) in [5.74, 6) is 1.62. The van der Waals surface area contributed by atoms with E-state index in [2.05, 4.69) is 4.90 Å². The third-order valence-electron chi connectivity index (χ3n) is 5.08. The Kier molecular flexibility index (Phi) is 6.14. The van der Waals surface area contributed by atoms with Gasteiger partial charge in [-0.25, -0.2) is 0 Å². The van der Waals surface area contributed by atoms with Crippen LogP contribution in [0.3, 0.4) is 0 Å². The van der Waals surface area contributed by atoms with Gasteiger partial charge in [-0.2, -0.15) is 0 Å². The number of likely N-dealkylation sites (N-methyl/N-ethyl adjacent to an activating group) is 1. The van der Waals surface area contributed by atoms with Gasteiger partial charge in [-0.15, -0.1) is 0 Å². The summed E-state index contributed by atoms with van der Waals surface area (Å²) in [6, 6.07) is 17.4. The second-order valence-corrected chi connectivity index (χ2v) is 6.95. The van der Waals surface area contributed by atoms with E-state index >= 15 is 0 Å². The van der Waals surface area contributed by atoms with Gasteiger partial charge < -0.3 is 20.3 Å². The lowest BCUT2D eigenvalue weighted by Gasteiger charge is -2.43. The summed E-state index contributed by atoms with van der Waals surface area (Å²) >= 11 is 0. The van der Waals surface area contributed by atoms with Gasteiger partial charge in [0.25, 0.3) is 0 Å². The van der Waals surface area contributed by atoms with E-state index in [9.17, 15) is 5.11 Å². The quantitative estimate of drug-likeness (QED) is 0.832. The van der Waals surface area contributed by atoms with E-state index in [0.29, 0.717) is 6.54 Å². The Hall–Kier alpha value is -2.08. The van der Waals surface area contributed by atoms with Crippen LogP contribution in [0.5, 0.6) is 11.5 Å². The zero-order chi connectivity index (χ0) is 18.5. The monoisotopic (exact) mass is 356 g/mol. The number of nitrogens with zero attached hydrogens (tertiary/aromatic N) is 1. The predicted octanol–water partition coefficient (Wildman–Crippen LogP) is 2.43. The standard InChI is InChI=1S/C21H28N2O3/c1-23(14-15-8-10-16(25-2)11-9-15)20-18(22)12-13-19(21(20)24)26-17-6-4-3-5-7-17/h3-11,18-21,24H,12-14,22H2,1-2H3/t18-,19-,20+,21+/m1/s1. The van der Waals surface area contributed by atoms with Crippen molar-refractivity contribution in [1.29, 1.82) is 0 Å². The largest absolute Gasteiger partial charge is 0.497 e. The maximum absolute atomic E-state index is 10.9. The van der Waals surface area contributed by atoms with Gasteiger partial charge in [0.15, 0.2) is 0 Å². The van der Waals surface area contributed by atoms with Crippen molar-refractivity contribution in [2.45, 2.75) is 43.7 Å². The van der Waals surface area contributed by atoms with E-state index < -0.39 is 6.10 Å². The maximum atomic E-state index is 10.9. The molecular weight excluding hydrogens is 328 g/mol. The molecule has 1 aliphatic carbocycles. The number of para-hydroxylation sites is 1. The second-order valence-electron chi connectivity index (χ2n) is 6.95. The molecule has 0 aromatic heterocycles. The topological polar surface area (TPSA) is 68.0 Å². The fourth-order valence-electron chi connectivity index (χ4n) is 3.69. The Morgan fingerprint density at radius 1 is 1.04 bits per heavy atom. The normalized spacial score (nSPS) is 25.9. The molecule has 0 amide bonds. The van der Waals surface area contributed by atoms with Crippen LogP contribution in [-0.2, 0) is 6.54 Å². The molecule has 2 aromatic rings. The van der Waals surface area contributed by atoms with Gasteiger partial charge in [-0.1, -0.05) is 30.3 Å². The number of aliphatic hydroxyl groups is 1. The summed E-state index contributed by atoms with van der Waals surface area (Å²) in [4.78, 5) is 2.12. The molecule has 0 heterocycles. The molecule has 0 spiro atoms. The number of rotatable bonds is 6. The van der Waals surface area contributed by atoms with Gasteiger partial charge in [0.1, 0.15) is 23.7 Å². The van der Waals surface area contributed by atoms with Crippen LogP contribution in [0.4, 0.5) is 0 Å². The Morgan fingerprint density at radius 2 is 1.73 bits per heavy atom. The highest BCUT2D eigenvalue weighted by atomic mass is 16.5. The lowest BCUT2D eigenvalue weighted by molar-refractivity contribution is -0.0569. The smallest absolute Gasteiger partial charge is 0.126 e. The Bertz CT molecular complexity index is 677. The number of hydrogen-bond donors (Lipinski definition) is 2. The molecule has 140 valence electrons. The number of methoxy groups -OCH3 is 1. The van der Waals surface area contributed by atoms with Gasteiger partial charge in [-0.05, 0) is 49.7 Å². The van der Waals surface area contributed by atoms with E-state index in [1.54, 1.807) is 7.11 Å². The lowest BCUT2D eigenvalue weighted by Crippen LogP contribution is -2.60. The van der Waals surface area contributed by atoms with E-state index in [4.69, 9.17) is 15.2 Å². The molecule has 1 saturated carbocycles. The first-order valence-electron chi connectivity index (χ1n) is 9.07. The van der Waals surface area contributed by atoms with Crippen LogP contribution in [0.1, 0.15) is 18.4 Å². The van der Waals surface area contributed by atoms with Gasteiger partial charge in [0, 0.05) is 12.6 Å². The highest BCUT2D eigenvalue weighted by Crippen LogP contribution is 2.27. The van der Waals surface area contributed by atoms with Gasteiger partial charge in [-0.3, -0.25) is 4.90 Å². The van der Waals surface area contributed by atoms with Crippen molar-refractivity contribution >= 4 is 0 Å². The average molecular weight is 356 g/mol. The van der Waals surface area contributed by atoms with Gasteiger partial charge in [0.2, 0.25) is 0 Å². The summed E-state index contributed by atoms with van der Waals surface area (Å²) in [6.45, 7) is 0.706. The van der Waals surface area contributed by atoms with Gasteiger partial charge in [0.05, 0.1) is 13.2 Å². The molecule has 3 N–H and O–H groups in total. The second kappa shape index (κ2) is 8.54. The Morgan fingerprint density at radius 3 is 2.38 bits per heavy atom. The van der Waals surface area contributed by atoms with Crippen molar-refractivity contribution < 1.29 is 14.6 Å². The molecule has 5 nitrogen and oxygen atoms in total. The number of benzene rings is 2. The van der Waals surface area contributed by atoms with Crippen molar-refractivity contribution in [3.63, 3.8) is 0 Å². The van der Waals surface area contributed by atoms with Crippen LogP contribution >= 0.6 is 0 Å². The zero-order valence-corrected chi connectivity index (χ0v) is 15.4. The minimum Gasteiger partial charge on any atom is -0.497 e. The molecule has 0 bridgehead atoms. The van der Waals surface area contributed by atoms with Crippen LogP contribution < -0.4 is 15.2 Å². The molecular formula is C21H28N2O3. The van der Waals surface area contributed by atoms with Crippen molar-refractivity contribution in [3.8, 4) is 11.5 Å². The van der Waals surface area contributed by atoms with E-state index in [1.807, 2.05) is 61.6 Å². The SMILES string of the molecule is COc1ccc(CN(C)[C@@H]2[C@@H](O)[C@H](Oc3ccccc3)CC[C@H]2N)cc1. The molecule has 1 fully saturated rings. The molecule has 3 rings (SSSR count). The molecule has 0 radical (unpaired) electrons. The Labute approximate surface area is 155 Å². The first-order chi connectivity index (χ1) is 12.6. The number of aliphatic hydroxyl groups excluding tert-OH is 1. The summed E-state index contributed by atoms with van der Waals surface area (Å²) in [7, 11) is 3.66. The van der Waals surface area contributed by atoms with E-state index in [0.717, 1.165) is 29.9 Å². The third kappa shape index (κ3) is 4.36. The summed E-state index contributed by atoms with van der Waals surface area (Å²) in [5, 5.41) is 10.9. The minimum absolute atomic E-state index is 0.0797. The van der Waals surface area contributed by atoms with Gasteiger partial charge >= 0.3 is 0 Å². The van der Waals surface area contributed by atoms with Crippen molar-refractivity contribution in [3.05, 3.63) is 60.2 Å². The fourth-order valence-corrected chi connectivity index (χ4v) is 3.69. The molecule has 4 atom stereocenters. The summed E-state index contributed by atoms with van der Waals surface area (Å²) in [6.07, 6.45) is 0.693. The van der Waals surface area contributed by atoms with E-state index in [1.165, 1.54) is 0 Å². The third-order valence-corrected chi connectivity index (χ3v) is 5.08. The molecule has 5 heteroatoms.